The quantitative estimate of drug-likeness (QED) is 0.677. The summed E-state index contributed by atoms with van der Waals surface area (Å²) >= 11 is 1.32. The van der Waals surface area contributed by atoms with Crippen molar-refractivity contribution in [2.75, 3.05) is 0 Å². The van der Waals surface area contributed by atoms with E-state index < -0.39 is 0 Å². The van der Waals surface area contributed by atoms with Crippen LogP contribution < -0.4 is 0 Å². The van der Waals surface area contributed by atoms with E-state index in [2.05, 4.69) is 4.98 Å². The molecule has 19 heavy (non-hydrogen) atoms. The smallest absolute Gasteiger partial charge is 0.178 e. The highest BCUT2D eigenvalue weighted by molar-refractivity contribution is 7.20. The molecule has 0 aliphatic carbocycles. The molecule has 0 amide bonds. The van der Waals surface area contributed by atoms with Crippen LogP contribution in [0, 0.1) is 5.82 Å². The molecule has 0 aliphatic rings. The number of carbonyl (C=O) groups is 1. The van der Waals surface area contributed by atoms with Gasteiger partial charge in [-0.25, -0.2) is 4.39 Å². The highest BCUT2D eigenvalue weighted by Gasteiger charge is 2.12. The lowest BCUT2D eigenvalue weighted by atomic mass is 10.1. The second kappa shape index (κ2) is 4.90. The molecule has 4 heteroatoms. The lowest BCUT2D eigenvalue weighted by Gasteiger charge is -1.96. The number of hydrogen-bond acceptors (Lipinski definition) is 3. The maximum atomic E-state index is 13.1. The normalized spacial score (nSPS) is 10.8. The van der Waals surface area contributed by atoms with Crippen LogP contribution in [0.5, 0.6) is 0 Å². The summed E-state index contributed by atoms with van der Waals surface area (Å²) in [5, 5.41) is 0.899. The van der Waals surface area contributed by atoms with Gasteiger partial charge in [-0.05, 0) is 35.7 Å². The maximum absolute atomic E-state index is 13.1. The zero-order chi connectivity index (χ0) is 13.2. The minimum absolute atomic E-state index is 0.0142. The van der Waals surface area contributed by atoms with Gasteiger partial charge in [0, 0.05) is 16.6 Å². The number of carbonyl (C=O) groups excluding carboxylic acids is 1. The van der Waals surface area contributed by atoms with Crippen LogP contribution in [0.4, 0.5) is 4.39 Å². The van der Waals surface area contributed by atoms with Gasteiger partial charge < -0.3 is 0 Å². The number of benzene rings is 1. The predicted octanol–water partition coefficient (Wildman–Crippen LogP) is 3.86. The second-order valence-corrected chi connectivity index (χ2v) is 5.30. The molecule has 0 radical (unpaired) electrons. The van der Waals surface area contributed by atoms with E-state index in [1.807, 2.05) is 24.3 Å². The first-order valence-corrected chi connectivity index (χ1v) is 6.66. The van der Waals surface area contributed by atoms with Gasteiger partial charge in [-0.15, -0.1) is 11.3 Å². The third kappa shape index (κ3) is 2.53. The fourth-order valence-corrected chi connectivity index (χ4v) is 2.92. The molecule has 0 fully saturated rings. The monoisotopic (exact) mass is 271 g/mol. The van der Waals surface area contributed by atoms with E-state index >= 15 is 0 Å². The lowest BCUT2D eigenvalue weighted by molar-refractivity contribution is 0.0996. The molecule has 2 nitrogen and oxygen atoms in total. The molecule has 0 N–H and O–H groups in total. The van der Waals surface area contributed by atoms with E-state index in [0.29, 0.717) is 4.88 Å². The Morgan fingerprint density at radius 3 is 2.89 bits per heavy atom. The number of thiophene rings is 1. The van der Waals surface area contributed by atoms with Crippen molar-refractivity contribution in [3.05, 3.63) is 65.0 Å². The van der Waals surface area contributed by atoms with Crippen molar-refractivity contribution in [2.24, 2.45) is 0 Å². The molecule has 0 spiro atoms. The Labute approximate surface area is 113 Å². The van der Waals surface area contributed by atoms with Crippen LogP contribution >= 0.6 is 11.3 Å². The third-order valence-corrected chi connectivity index (χ3v) is 3.96. The van der Waals surface area contributed by atoms with E-state index in [1.165, 1.54) is 23.5 Å². The Bertz CT molecular complexity index is 736. The van der Waals surface area contributed by atoms with Crippen molar-refractivity contribution in [1.82, 2.24) is 4.98 Å². The van der Waals surface area contributed by atoms with Gasteiger partial charge in [0.15, 0.2) is 5.78 Å². The van der Waals surface area contributed by atoms with Gasteiger partial charge in [0.1, 0.15) is 5.82 Å². The molecule has 0 saturated heterocycles. The van der Waals surface area contributed by atoms with Crippen molar-refractivity contribution in [3.8, 4) is 0 Å². The number of ketones is 1. The lowest BCUT2D eigenvalue weighted by Crippen LogP contribution is -2.02. The first-order valence-electron chi connectivity index (χ1n) is 5.84. The fourth-order valence-electron chi connectivity index (χ4n) is 1.90. The average molecular weight is 271 g/mol. The van der Waals surface area contributed by atoms with E-state index in [0.717, 1.165) is 15.8 Å². The second-order valence-electron chi connectivity index (χ2n) is 4.21. The summed E-state index contributed by atoms with van der Waals surface area (Å²) in [4.78, 5) is 16.9. The van der Waals surface area contributed by atoms with Crippen LogP contribution in [0.2, 0.25) is 0 Å². The zero-order valence-electron chi connectivity index (χ0n) is 9.97. The molecule has 3 aromatic rings. The molecule has 0 saturated carbocycles. The van der Waals surface area contributed by atoms with Gasteiger partial charge in [-0.1, -0.05) is 12.1 Å². The Balaban J connectivity index is 1.89. The highest BCUT2D eigenvalue weighted by Crippen LogP contribution is 2.27. The van der Waals surface area contributed by atoms with Crippen molar-refractivity contribution >= 4 is 27.2 Å². The standard InChI is InChI=1S/C15H10FNOS/c16-11-5-4-10-7-15(19-14(10)8-11)13(18)9-12-3-1-2-6-17-12/h1-8H,9H2. The molecule has 0 atom stereocenters. The Morgan fingerprint density at radius 2 is 2.11 bits per heavy atom. The molecular weight excluding hydrogens is 261 g/mol. The third-order valence-electron chi connectivity index (χ3n) is 2.82. The van der Waals surface area contributed by atoms with E-state index in [-0.39, 0.29) is 18.0 Å². The number of rotatable bonds is 3. The topological polar surface area (TPSA) is 30.0 Å². The van der Waals surface area contributed by atoms with Gasteiger partial charge in [-0.2, -0.15) is 0 Å². The largest absolute Gasteiger partial charge is 0.293 e. The highest BCUT2D eigenvalue weighted by atomic mass is 32.1. The van der Waals surface area contributed by atoms with Crippen molar-refractivity contribution in [1.29, 1.82) is 0 Å². The van der Waals surface area contributed by atoms with Gasteiger partial charge >= 0.3 is 0 Å². The van der Waals surface area contributed by atoms with Crippen LogP contribution in [-0.2, 0) is 6.42 Å². The minimum Gasteiger partial charge on any atom is -0.293 e. The molecule has 3 rings (SSSR count). The number of pyridine rings is 1. The Hall–Kier alpha value is -2.07. The predicted molar refractivity (Wildman–Crippen MR) is 74.1 cm³/mol. The van der Waals surface area contributed by atoms with E-state index in [4.69, 9.17) is 0 Å². The number of Topliss-reactive ketones (excluding diaryl/α,β-unsaturated/α-hetero) is 1. The number of nitrogens with zero attached hydrogens (tertiary/aromatic N) is 1. The van der Waals surface area contributed by atoms with Crippen molar-refractivity contribution in [3.63, 3.8) is 0 Å². The average Bonchev–Trinajstić information content (AvgIpc) is 2.83. The van der Waals surface area contributed by atoms with Gasteiger partial charge in [0.25, 0.3) is 0 Å². The van der Waals surface area contributed by atoms with E-state index in [1.54, 1.807) is 12.3 Å². The summed E-state index contributed by atoms with van der Waals surface area (Å²) in [5.74, 6) is -0.265. The minimum atomic E-state index is -0.280. The molecule has 0 unspecified atom stereocenters. The zero-order valence-corrected chi connectivity index (χ0v) is 10.8. The SMILES string of the molecule is O=C(Cc1ccccn1)c1cc2ccc(F)cc2s1. The Kier molecular flexibility index (Phi) is 3.09. The summed E-state index contributed by atoms with van der Waals surface area (Å²) in [7, 11) is 0. The summed E-state index contributed by atoms with van der Waals surface area (Å²) in [6, 6.07) is 11.9. The molecule has 0 bridgehead atoms. The first kappa shape index (κ1) is 12.0. The number of halogens is 1. The maximum Gasteiger partial charge on any atom is 0.178 e. The first-order chi connectivity index (χ1) is 9.22. The molecular formula is C15H10FNOS. The summed E-state index contributed by atoms with van der Waals surface area (Å²) in [6.07, 6.45) is 1.94. The number of fused-ring (bicyclic) bond motifs is 1. The molecule has 2 heterocycles. The van der Waals surface area contributed by atoms with Crippen molar-refractivity contribution in [2.45, 2.75) is 6.42 Å². The van der Waals surface area contributed by atoms with Crippen LogP contribution in [0.3, 0.4) is 0 Å². The summed E-state index contributed by atoms with van der Waals surface area (Å²) in [5.41, 5.74) is 0.746. The van der Waals surface area contributed by atoms with Gasteiger partial charge in [0.05, 0.1) is 11.3 Å². The van der Waals surface area contributed by atoms with E-state index in [9.17, 15) is 9.18 Å². The molecule has 2 aromatic heterocycles. The Morgan fingerprint density at radius 1 is 1.21 bits per heavy atom. The molecule has 1 aromatic carbocycles. The number of hydrogen-bond donors (Lipinski definition) is 0. The van der Waals surface area contributed by atoms with Crippen molar-refractivity contribution < 1.29 is 9.18 Å². The molecule has 94 valence electrons. The van der Waals surface area contributed by atoms with Gasteiger partial charge in [0.2, 0.25) is 0 Å². The number of aromatic nitrogens is 1. The summed E-state index contributed by atoms with van der Waals surface area (Å²) < 4.78 is 13.9. The summed E-state index contributed by atoms with van der Waals surface area (Å²) in [6.45, 7) is 0. The fraction of sp³-hybridized carbons (Fsp3) is 0.0667. The van der Waals surface area contributed by atoms with Gasteiger partial charge in [-0.3, -0.25) is 9.78 Å². The van der Waals surface area contributed by atoms with Crippen LogP contribution in [-0.4, -0.2) is 10.8 Å². The van der Waals surface area contributed by atoms with Crippen LogP contribution in [0.15, 0.2) is 48.7 Å². The molecule has 0 aliphatic heterocycles. The van der Waals surface area contributed by atoms with Crippen LogP contribution in [0.25, 0.3) is 10.1 Å². The van der Waals surface area contributed by atoms with Crippen LogP contribution in [0.1, 0.15) is 15.4 Å².